The van der Waals surface area contributed by atoms with E-state index in [-0.39, 0.29) is 10.6 Å². The van der Waals surface area contributed by atoms with E-state index in [1.807, 2.05) is 0 Å². The van der Waals surface area contributed by atoms with Gasteiger partial charge in [0.25, 0.3) is 0 Å². The fourth-order valence-corrected chi connectivity index (χ4v) is 3.89. The molecule has 0 saturated carbocycles. The molecule has 0 fully saturated rings. The Balaban J connectivity index is 1.98. The molecule has 9 heteroatoms. The molecule has 8 nitrogen and oxygen atoms in total. The molecular formula is C18H28N4O4S. The first-order valence-electron chi connectivity index (χ1n) is 9.17. The molecule has 0 aliphatic carbocycles. The number of phenols is 1. The summed E-state index contributed by atoms with van der Waals surface area (Å²) in [5.74, 6) is 0.0255. The van der Waals surface area contributed by atoms with Crippen molar-refractivity contribution in [3.63, 3.8) is 0 Å². The number of amides is 1. The maximum absolute atomic E-state index is 11.6. The number of aromatic amines is 1. The molecule has 1 unspecified atom stereocenters. The van der Waals surface area contributed by atoms with Gasteiger partial charge in [0.1, 0.15) is 17.4 Å². The van der Waals surface area contributed by atoms with Gasteiger partial charge in [0, 0.05) is 19.5 Å². The zero-order chi connectivity index (χ0) is 19.8. The van der Waals surface area contributed by atoms with Crippen LogP contribution in [0.15, 0.2) is 16.9 Å². The number of likely N-dealkylation sites (N-methyl/N-ethyl adjacent to an activating group) is 1. The van der Waals surface area contributed by atoms with Crippen molar-refractivity contribution in [3.8, 4) is 5.75 Å². The maximum Gasteiger partial charge on any atom is 0.404 e. The van der Waals surface area contributed by atoms with Gasteiger partial charge >= 0.3 is 11.0 Å². The van der Waals surface area contributed by atoms with Crippen LogP contribution in [0.5, 0.6) is 5.75 Å². The number of nitrogens with one attached hydrogen (secondary N) is 2. The standard InChI is InChI=1S/C18H28N4O4S/c1-3-22(4-2)10-9-20-8-7-13(26-17(19)24)11-12-5-6-14(23)15-16(12)27-18(25)21-15/h5-6,13,20,23H,3-4,7-11H2,1-2H3,(H2,19,24)(H,21,25). The van der Waals surface area contributed by atoms with E-state index in [2.05, 4.69) is 29.0 Å². The second kappa shape index (κ2) is 10.3. The van der Waals surface area contributed by atoms with Gasteiger partial charge in [-0.25, -0.2) is 4.79 Å². The molecule has 0 saturated heterocycles. The predicted molar refractivity (Wildman–Crippen MR) is 108 cm³/mol. The average molecular weight is 397 g/mol. The summed E-state index contributed by atoms with van der Waals surface area (Å²) in [4.78, 5) is 27.6. The summed E-state index contributed by atoms with van der Waals surface area (Å²) in [5.41, 5.74) is 6.46. The third kappa shape index (κ3) is 6.23. The molecule has 1 aromatic heterocycles. The number of benzene rings is 1. The Bertz CT molecular complexity index is 800. The van der Waals surface area contributed by atoms with Gasteiger partial charge in [-0.3, -0.25) is 4.79 Å². The van der Waals surface area contributed by atoms with Crippen molar-refractivity contribution in [2.24, 2.45) is 5.73 Å². The summed E-state index contributed by atoms with van der Waals surface area (Å²) in [5, 5.41) is 13.2. The van der Waals surface area contributed by atoms with Crippen LogP contribution >= 0.6 is 11.3 Å². The van der Waals surface area contributed by atoms with Crippen molar-refractivity contribution in [2.45, 2.75) is 32.8 Å². The lowest BCUT2D eigenvalue weighted by Gasteiger charge is -2.20. The highest BCUT2D eigenvalue weighted by molar-refractivity contribution is 7.16. The summed E-state index contributed by atoms with van der Waals surface area (Å²) < 4.78 is 5.93. The van der Waals surface area contributed by atoms with E-state index in [4.69, 9.17) is 10.5 Å². The number of aromatic nitrogens is 1. The zero-order valence-electron chi connectivity index (χ0n) is 15.8. The first-order valence-corrected chi connectivity index (χ1v) is 9.99. The third-order valence-electron chi connectivity index (χ3n) is 4.51. The van der Waals surface area contributed by atoms with Crippen LogP contribution in [0, 0.1) is 0 Å². The molecular weight excluding hydrogens is 368 g/mol. The Labute approximate surface area is 162 Å². The molecule has 2 aromatic rings. The van der Waals surface area contributed by atoms with Crippen LogP contribution in [0.4, 0.5) is 4.79 Å². The van der Waals surface area contributed by atoms with E-state index in [9.17, 15) is 14.7 Å². The van der Waals surface area contributed by atoms with E-state index in [0.717, 1.165) is 43.1 Å². The van der Waals surface area contributed by atoms with E-state index in [1.165, 1.54) is 6.07 Å². The number of nitrogens with zero attached hydrogens (tertiary/aromatic N) is 1. The number of rotatable bonds is 11. The second-order valence-electron chi connectivity index (χ2n) is 6.29. The SMILES string of the molecule is CCN(CC)CCNCCC(Cc1ccc(O)c2[nH]c(=O)sc12)OC(N)=O. The maximum atomic E-state index is 11.6. The Morgan fingerprint density at radius 2 is 2.11 bits per heavy atom. The van der Waals surface area contributed by atoms with Gasteiger partial charge in [-0.15, -0.1) is 0 Å². The average Bonchev–Trinajstić information content (AvgIpc) is 3.02. The van der Waals surface area contributed by atoms with Crippen molar-refractivity contribution < 1.29 is 14.6 Å². The lowest BCUT2D eigenvalue weighted by molar-refractivity contribution is 0.101. The third-order valence-corrected chi connectivity index (χ3v) is 5.47. The number of fused-ring (bicyclic) bond motifs is 1. The van der Waals surface area contributed by atoms with Gasteiger partial charge in [0.2, 0.25) is 0 Å². The minimum absolute atomic E-state index is 0.0255. The van der Waals surface area contributed by atoms with Crippen molar-refractivity contribution >= 4 is 27.6 Å². The molecule has 5 N–H and O–H groups in total. The Morgan fingerprint density at radius 1 is 1.37 bits per heavy atom. The van der Waals surface area contributed by atoms with Crippen LogP contribution in [0.3, 0.4) is 0 Å². The molecule has 1 atom stereocenters. The van der Waals surface area contributed by atoms with Crippen molar-refractivity contribution in [2.75, 3.05) is 32.7 Å². The number of aromatic hydroxyl groups is 1. The molecule has 0 bridgehead atoms. The lowest BCUT2D eigenvalue weighted by Crippen LogP contribution is -2.34. The van der Waals surface area contributed by atoms with Crippen molar-refractivity contribution in [3.05, 3.63) is 27.4 Å². The second-order valence-corrected chi connectivity index (χ2v) is 7.27. The van der Waals surface area contributed by atoms with Gasteiger partial charge in [0.05, 0.1) is 4.70 Å². The largest absolute Gasteiger partial charge is 0.506 e. The smallest absolute Gasteiger partial charge is 0.404 e. The lowest BCUT2D eigenvalue weighted by atomic mass is 10.0. The first kappa shape index (κ1) is 21.2. The summed E-state index contributed by atoms with van der Waals surface area (Å²) in [6, 6.07) is 3.27. The monoisotopic (exact) mass is 396 g/mol. The van der Waals surface area contributed by atoms with Gasteiger partial charge in [-0.05, 0) is 37.7 Å². The molecule has 1 aromatic carbocycles. The molecule has 0 spiro atoms. The van der Waals surface area contributed by atoms with Crippen LogP contribution in [0.1, 0.15) is 25.8 Å². The first-order chi connectivity index (χ1) is 12.9. The van der Waals surface area contributed by atoms with Crippen LogP contribution < -0.4 is 15.9 Å². The Hall–Kier alpha value is -2.10. The van der Waals surface area contributed by atoms with Crippen LogP contribution in [0.25, 0.3) is 10.2 Å². The van der Waals surface area contributed by atoms with Gasteiger partial charge in [-0.1, -0.05) is 31.3 Å². The van der Waals surface area contributed by atoms with Crippen LogP contribution in [-0.2, 0) is 11.2 Å². The number of nitrogens with two attached hydrogens (primary N) is 1. The minimum Gasteiger partial charge on any atom is -0.506 e. The molecule has 1 amide bonds. The fourth-order valence-electron chi connectivity index (χ4n) is 3.01. The fraction of sp³-hybridized carbons (Fsp3) is 0.556. The van der Waals surface area contributed by atoms with Gasteiger partial charge in [-0.2, -0.15) is 0 Å². The molecule has 0 aliphatic rings. The number of primary amides is 1. The summed E-state index contributed by atoms with van der Waals surface area (Å²) in [6.07, 6.45) is -0.206. The highest BCUT2D eigenvalue weighted by atomic mass is 32.1. The quantitative estimate of drug-likeness (QED) is 0.428. The van der Waals surface area contributed by atoms with E-state index >= 15 is 0 Å². The molecule has 0 radical (unpaired) electrons. The van der Waals surface area contributed by atoms with Gasteiger partial charge in [0.15, 0.2) is 0 Å². The highest BCUT2D eigenvalue weighted by Gasteiger charge is 2.17. The normalized spacial score (nSPS) is 12.6. The number of hydrogen-bond donors (Lipinski definition) is 4. The number of carbonyl (C=O) groups is 1. The topological polar surface area (TPSA) is 121 Å². The zero-order valence-corrected chi connectivity index (χ0v) is 16.6. The molecule has 1 heterocycles. The summed E-state index contributed by atoms with van der Waals surface area (Å²) in [6.45, 7) is 8.80. The Morgan fingerprint density at radius 3 is 2.78 bits per heavy atom. The predicted octanol–water partition coefficient (Wildman–Crippen LogP) is 1.62. The molecule has 2 rings (SSSR count). The highest BCUT2D eigenvalue weighted by Crippen LogP contribution is 2.29. The summed E-state index contributed by atoms with van der Waals surface area (Å²) >= 11 is 1.03. The number of hydrogen-bond acceptors (Lipinski definition) is 7. The molecule has 150 valence electrons. The number of carbonyl (C=O) groups excluding carboxylic acids is 1. The van der Waals surface area contributed by atoms with E-state index in [1.54, 1.807) is 6.07 Å². The van der Waals surface area contributed by atoms with Crippen molar-refractivity contribution in [1.29, 1.82) is 0 Å². The van der Waals surface area contributed by atoms with Crippen molar-refractivity contribution in [1.82, 2.24) is 15.2 Å². The molecule has 0 aliphatic heterocycles. The number of H-pyrrole nitrogens is 1. The number of phenolic OH excluding ortho intramolecular Hbond substituents is 1. The summed E-state index contributed by atoms with van der Waals surface area (Å²) in [7, 11) is 0. The number of thiazole rings is 1. The molecule has 27 heavy (non-hydrogen) atoms. The van der Waals surface area contributed by atoms with E-state index < -0.39 is 12.2 Å². The number of ether oxygens (including phenoxy) is 1. The Kier molecular flexibility index (Phi) is 8.08. The van der Waals surface area contributed by atoms with Crippen LogP contribution in [-0.4, -0.2) is 59.9 Å². The van der Waals surface area contributed by atoms with Crippen LogP contribution in [0.2, 0.25) is 0 Å². The van der Waals surface area contributed by atoms with Gasteiger partial charge < -0.3 is 30.8 Å². The van der Waals surface area contributed by atoms with E-state index in [0.29, 0.717) is 29.6 Å². The minimum atomic E-state index is -0.819.